The predicted octanol–water partition coefficient (Wildman–Crippen LogP) is 2.08. The molecule has 0 unspecified atom stereocenters. The van der Waals surface area contributed by atoms with Crippen LogP contribution in [0.15, 0.2) is 16.7 Å². The van der Waals surface area contributed by atoms with Gasteiger partial charge in [-0.25, -0.2) is 4.98 Å². The summed E-state index contributed by atoms with van der Waals surface area (Å²) in [5.41, 5.74) is 6.02. The summed E-state index contributed by atoms with van der Waals surface area (Å²) in [7, 11) is 0. The van der Waals surface area contributed by atoms with Crippen molar-refractivity contribution < 1.29 is 0 Å². The molecular formula is C5H4BrClN2. The minimum absolute atomic E-state index is 0.441. The molecule has 0 amide bonds. The second-order valence-corrected chi connectivity index (χ2v) is 2.65. The zero-order valence-corrected chi connectivity index (χ0v) is 6.78. The monoisotopic (exact) mass is 206 g/mol. The fourth-order valence-corrected chi connectivity index (χ4v) is 0.996. The van der Waals surface area contributed by atoms with Gasteiger partial charge in [-0.05, 0) is 28.1 Å². The summed E-state index contributed by atoms with van der Waals surface area (Å²) in [5.74, 6) is 0. The fourth-order valence-electron chi connectivity index (χ4n) is 0.423. The van der Waals surface area contributed by atoms with E-state index < -0.39 is 0 Å². The van der Waals surface area contributed by atoms with E-state index >= 15 is 0 Å². The summed E-state index contributed by atoms with van der Waals surface area (Å²) in [6.45, 7) is 0. The molecule has 0 aromatic carbocycles. The van der Waals surface area contributed by atoms with E-state index in [-0.39, 0.29) is 0 Å². The molecule has 0 aliphatic rings. The van der Waals surface area contributed by atoms with Gasteiger partial charge in [-0.2, -0.15) is 0 Å². The maximum absolute atomic E-state index is 5.52. The van der Waals surface area contributed by atoms with E-state index in [4.69, 9.17) is 17.3 Å². The Morgan fingerprint density at radius 3 is 2.67 bits per heavy atom. The fraction of sp³-hybridized carbons (Fsp3) is 0. The first-order valence-electron chi connectivity index (χ1n) is 2.27. The number of nitrogens with two attached hydrogens (primary N) is 1. The number of aromatic nitrogens is 1. The van der Waals surface area contributed by atoms with E-state index in [2.05, 4.69) is 20.9 Å². The summed E-state index contributed by atoms with van der Waals surface area (Å²) < 4.78 is 0.593. The Balaban J connectivity index is 3.17. The molecule has 0 spiro atoms. The first-order valence-corrected chi connectivity index (χ1v) is 3.45. The maximum atomic E-state index is 5.52. The number of pyridine rings is 1. The Kier molecular flexibility index (Phi) is 1.93. The van der Waals surface area contributed by atoms with Crippen molar-refractivity contribution in [3.05, 3.63) is 21.9 Å². The first kappa shape index (κ1) is 6.83. The molecule has 0 bridgehead atoms. The zero-order valence-electron chi connectivity index (χ0n) is 4.44. The van der Waals surface area contributed by atoms with Crippen molar-refractivity contribution in [1.29, 1.82) is 0 Å². The first-order chi connectivity index (χ1) is 4.20. The Bertz CT molecular complexity index is 226. The molecule has 4 heteroatoms. The van der Waals surface area contributed by atoms with Gasteiger partial charge in [0, 0.05) is 0 Å². The van der Waals surface area contributed by atoms with Gasteiger partial charge in [0.1, 0.15) is 9.76 Å². The van der Waals surface area contributed by atoms with E-state index in [1.165, 1.54) is 0 Å². The summed E-state index contributed by atoms with van der Waals surface area (Å²) in [6.07, 6.45) is 0. The normalized spacial score (nSPS) is 9.56. The summed E-state index contributed by atoms with van der Waals surface area (Å²) in [5, 5.41) is 0.441. The minimum Gasteiger partial charge on any atom is -0.397 e. The molecule has 0 aliphatic heterocycles. The van der Waals surface area contributed by atoms with Crippen LogP contribution in [-0.2, 0) is 0 Å². The molecule has 1 aromatic heterocycles. The molecule has 0 saturated carbocycles. The van der Waals surface area contributed by atoms with Crippen LogP contribution >= 0.6 is 27.5 Å². The van der Waals surface area contributed by atoms with Crippen LogP contribution in [0.4, 0.5) is 5.69 Å². The minimum atomic E-state index is 0.441. The van der Waals surface area contributed by atoms with Gasteiger partial charge in [-0.3, -0.25) is 0 Å². The highest BCUT2D eigenvalue weighted by Crippen LogP contribution is 2.18. The van der Waals surface area contributed by atoms with Gasteiger partial charge in [0.05, 0.1) is 5.69 Å². The zero-order chi connectivity index (χ0) is 6.85. The maximum Gasteiger partial charge on any atom is 0.130 e. The molecule has 0 atom stereocenters. The van der Waals surface area contributed by atoms with Crippen LogP contribution in [0.3, 0.4) is 0 Å². The number of hydrogen-bond donors (Lipinski definition) is 1. The van der Waals surface area contributed by atoms with E-state index in [1.807, 2.05) is 0 Å². The largest absolute Gasteiger partial charge is 0.397 e. The van der Waals surface area contributed by atoms with Crippen molar-refractivity contribution in [2.45, 2.75) is 0 Å². The lowest BCUT2D eigenvalue weighted by Crippen LogP contribution is -1.87. The van der Waals surface area contributed by atoms with Gasteiger partial charge in [-0.15, -0.1) is 0 Å². The molecule has 0 radical (unpaired) electrons. The van der Waals surface area contributed by atoms with Crippen LogP contribution in [0, 0.1) is 0 Å². The molecule has 1 heterocycles. The Morgan fingerprint density at radius 1 is 1.56 bits per heavy atom. The van der Waals surface area contributed by atoms with E-state index in [9.17, 15) is 0 Å². The van der Waals surface area contributed by atoms with Gasteiger partial charge in [0.25, 0.3) is 0 Å². The van der Waals surface area contributed by atoms with Gasteiger partial charge in [0.15, 0.2) is 0 Å². The van der Waals surface area contributed by atoms with Crippen molar-refractivity contribution in [2.75, 3.05) is 5.73 Å². The Hall–Kier alpha value is -0.280. The molecular weight excluding hydrogens is 203 g/mol. The van der Waals surface area contributed by atoms with Crippen molar-refractivity contribution in [1.82, 2.24) is 4.98 Å². The quantitative estimate of drug-likeness (QED) is 0.662. The predicted molar refractivity (Wildman–Crippen MR) is 41.4 cm³/mol. The summed E-state index contributed by atoms with van der Waals surface area (Å²) >= 11 is 8.65. The highest BCUT2D eigenvalue weighted by atomic mass is 79.9. The molecule has 9 heavy (non-hydrogen) atoms. The van der Waals surface area contributed by atoms with Crippen LogP contribution in [0.2, 0.25) is 5.15 Å². The molecule has 0 aliphatic carbocycles. The Labute approximate surface area is 66.2 Å². The van der Waals surface area contributed by atoms with Gasteiger partial charge >= 0.3 is 0 Å². The van der Waals surface area contributed by atoms with E-state index in [1.54, 1.807) is 12.1 Å². The number of hydrogen-bond acceptors (Lipinski definition) is 2. The molecule has 1 rings (SSSR count). The second kappa shape index (κ2) is 2.54. The third-order valence-corrected chi connectivity index (χ3v) is 1.69. The molecule has 1 aromatic rings. The van der Waals surface area contributed by atoms with Crippen LogP contribution in [0.5, 0.6) is 0 Å². The van der Waals surface area contributed by atoms with Crippen molar-refractivity contribution in [2.24, 2.45) is 0 Å². The van der Waals surface area contributed by atoms with Crippen molar-refractivity contribution in [3.8, 4) is 0 Å². The van der Waals surface area contributed by atoms with Crippen molar-refractivity contribution in [3.63, 3.8) is 0 Å². The van der Waals surface area contributed by atoms with Gasteiger partial charge in [0.2, 0.25) is 0 Å². The number of nitrogen functional groups attached to an aromatic ring is 1. The smallest absolute Gasteiger partial charge is 0.130 e. The van der Waals surface area contributed by atoms with Crippen LogP contribution in [0.1, 0.15) is 0 Å². The second-order valence-electron chi connectivity index (χ2n) is 1.51. The summed E-state index contributed by atoms with van der Waals surface area (Å²) in [4.78, 5) is 3.83. The molecule has 0 saturated heterocycles. The summed E-state index contributed by atoms with van der Waals surface area (Å²) in [6, 6.07) is 3.33. The number of nitrogens with zero attached hydrogens (tertiary/aromatic N) is 1. The molecule has 48 valence electrons. The standard InChI is InChI=1S/C5H4BrClN2/c6-5-3(8)1-2-4(7)9-5/h1-2H,8H2. The topological polar surface area (TPSA) is 38.9 Å². The van der Waals surface area contributed by atoms with E-state index in [0.29, 0.717) is 15.4 Å². The van der Waals surface area contributed by atoms with Gasteiger partial charge < -0.3 is 5.73 Å². The highest BCUT2D eigenvalue weighted by molar-refractivity contribution is 9.10. The number of rotatable bonds is 0. The molecule has 2 N–H and O–H groups in total. The lowest BCUT2D eigenvalue weighted by molar-refractivity contribution is 1.28. The molecule has 2 nitrogen and oxygen atoms in total. The lowest BCUT2D eigenvalue weighted by atomic mass is 10.4. The highest BCUT2D eigenvalue weighted by Gasteiger charge is 1.94. The number of anilines is 1. The number of halogens is 2. The average molecular weight is 207 g/mol. The third-order valence-electron chi connectivity index (χ3n) is 0.844. The van der Waals surface area contributed by atoms with Crippen LogP contribution in [-0.4, -0.2) is 4.98 Å². The Morgan fingerprint density at radius 2 is 2.22 bits per heavy atom. The van der Waals surface area contributed by atoms with Crippen LogP contribution < -0.4 is 5.73 Å². The van der Waals surface area contributed by atoms with Crippen molar-refractivity contribution >= 4 is 33.2 Å². The SMILES string of the molecule is Nc1ccc(Cl)nc1Br. The van der Waals surface area contributed by atoms with E-state index in [0.717, 1.165) is 0 Å². The van der Waals surface area contributed by atoms with Crippen LogP contribution in [0.25, 0.3) is 0 Å². The molecule has 0 fully saturated rings. The third kappa shape index (κ3) is 1.56. The lowest BCUT2D eigenvalue weighted by Gasteiger charge is -1.94. The van der Waals surface area contributed by atoms with Gasteiger partial charge in [-0.1, -0.05) is 11.6 Å². The average Bonchev–Trinajstić information content (AvgIpc) is 1.80.